The number of carboxylic acids is 1. The SMILES string of the molecule is CC(C)(C)C1=C(C(C)(C)C)C(C(=O)O)(C(C)(C)C)C(c2ccccc2)C(C(C)(C)C)=C1O. The maximum Gasteiger partial charge on any atom is 0.315 e. The van der Waals surface area contributed by atoms with Crippen molar-refractivity contribution in [3.05, 3.63) is 58.4 Å². The second-order valence-corrected chi connectivity index (χ2v) is 13.5. The van der Waals surface area contributed by atoms with Crippen molar-refractivity contribution in [2.24, 2.45) is 27.1 Å². The molecule has 178 valence electrons. The molecule has 0 fully saturated rings. The van der Waals surface area contributed by atoms with Gasteiger partial charge in [0, 0.05) is 11.5 Å². The van der Waals surface area contributed by atoms with E-state index in [1.165, 1.54) is 0 Å². The molecule has 0 amide bonds. The molecule has 1 aliphatic carbocycles. The number of aliphatic carboxylic acids is 1. The van der Waals surface area contributed by atoms with Gasteiger partial charge in [-0.1, -0.05) is 113 Å². The third-order valence-corrected chi connectivity index (χ3v) is 6.82. The standard InChI is InChI=1S/C29H44O3/c1-25(2,3)20-19(18-16-14-13-15-17-18)29(24(31)32,28(10,11)12)23(27(7,8)9)21(22(20)30)26(4,5)6/h13-17,19,30H,1-12H3,(H,31,32). The molecule has 2 atom stereocenters. The summed E-state index contributed by atoms with van der Waals surface area (Å²) in [6, 6.07) is 9.89. The van der Waals surface area contributed by atoms with E-state index in [-0.39, 0.29) is 5.76 Å². The van der Waals surface area contributed by atoms with Gasteiger partial charge in [-0.05, 0) is 38.4 Å². The summed E-state index contributed by atoms with van der Waals surface area (Å²) in [7, 11) is 0. The average Bonchev–Trinajstić information content (AvgIpc) is 2.56. The molecule has 32 heavy (non-hydrogen) atoms. The van der Waals surface area contributed by atoms with Gasteiger partial charge >= 0.3 is 5.97 Å². The fourth-order valence-electron chi connectivity index (χ4n) is 5.85. The summed E-state index contributed by atoms with van der Waals surface area (Å²) >= 11 is 0. The maximum atomic E-state index is 13.7. The number of carbonyl (C=O) groups is 1. The summed E-state index contributed by atoms with van der Waals surface area (Å²) in [6.45, 7) is 24.8. The van der Waals surface area contributed by atoms with Crippen LogP contribution >= 0.6 is 0 Å². The Labute approximate surface area is 195 Å². The van der Waals surface area contributed by atoms with Gasteiger partial charge in [0.2, 0.25) is 0 Å². The minimum atomic E-state index is -1.25. The summed E-state index contributed by atoms with van der Waals surface area (Å²) in [5, 5.41) is 23.2. The zero-order valence-electron chi connectivity index (χ0n) is 22.3. The summed E-state index contributed by atoms with van der Waals surface area (Å²) in [6.07, 6.45) is 0. The highest BCUT2D eigenvalue weighted by Gasteiger charge is 2.65. The zero-order valence-corrected chi connectivity index (χ0v) is 22.3. The van der Waals surface area contributed by atoms with Crippen molar-refractivity contribution in [3.63, 3.8) is 0 Å². The van der Waals surface area contributed by atoms with Crippen LogP contribution in [0.25, 0.3) is 0 Å². The van der Waals surface area contributed by atoms with E-state index >= 15 is 0 Å². The lowest BCUT2D eigenvalue weighted by molar-refractivity contribution is -0.156. The molecule has 2 unspecified atom stereocenters. The fraction of sp³-hybridized carbons (Fsp3) is 0.621. The highest BCUT2D eigenvalue weighted by atomic mass is 16.4. The van der Waals surface area contributed by atoms with Crippen LogP contribution in [0.4, 0.5) is 0 Å². The van der Waals surface area contributed by atoms with Gasteiger partial charge in [0.15, 0.2) is 0 Å². The number of aliphatic hydroxyl groups is 1. The Morgan fingerprint density at radius 1 is 0.781 bits per heavy atom. The Hall–Kier alpha value is -2.03. The van der Waals surface area contributed by atoms with Crippen molar-refractivity contribution < 1.29 is 15.0 Å². The average molecular weight is 441 g/mol. The highest BCUT2D eigenvalue weighted by molar-refractivity contribution is 5.85. The van der Waals surface area contributed by atoms with Crippen molar-refractivity contribution in [2.75, 3.05) is 0 Å². The van der Waals surface area contributed by atoms with E-state index in [1.807, 2.05) is 51.1 Å². The Bertz CT molecular complexity index is 935. The molecule has 0 radical (unpaired) electrons. The second-order valence-electron chi connectivity index (χ2n) is 13.5. The molecule has 3 nitrogen and oxygen atoms in total. The number of aliphatic hydroxyl groups excluding tert-OH is 1. The van der Waals surface area contributed by atoms with Gasteiger partial charge in [0.05, 0.1) is 0 Å². The van der Waals surface area contributed by atoms with Crippen molar-refractivity contribution in [2.45, 2.75) is 89.0 Å². The Morgan fingerprint density at radius 3 is 1.56 bits per heavy atom. The van der Waals surface area contributed by atoms with E-state index in [0.717, 1.165) is 22.3 Å². The molecule has 0 heterocycles. The van der Waals surface area contributed by atoms with Gasteiger partial charge in [0.25, 0.3) is 0 Å². The van der Waals surface area contributed by atoms with Crippen LogP contribution in [0.5, 0.6) is 0 Å². The van der Waals surface area contributed by atoms with E-state index in [4.69, 9.17) is 0 Å². The van der Waals surface area contributed by atoms with Crippen molar-refractivity contribution >= 4 is 5.97 Å². The predicted octanol–water partition coefficient (Wildman–Crippen LogP) is 8.15. The van der Waals surface area contributed by atoms with Crippen LogP contribution in [0, 0.1) is 27.1 Å². The third kappa shape index (κ3) is 4.04. The first-order valence-corrected chi connectivity index (χ1v) is 11.7. The van der Waals surface area contributed by atoms with Crippen molar-refractivity contribution in [3.8, 4) is 0 Å². The number of benzene rings is 1. The van der Waals surface area contributed by atoms with Gasteiger partial charge in [-0.2, -0.15) is 0 Å². The number of hydrogen-bond acceptors (Lipinski definition) is 2. The quantitative estimate of drug-likeness (QED) is 0.488. The first-order valence-electron chi connectivity index (χ1n) is 11.7. The van der Waals surface area contributed by atoms with Crippen molar-refractivity contribution in [1.29, 1.82) is 0 Å². The van der Waals surface area contributed by atoms with Crippen molar-refractivity contribution in [1.82, 2.24) is 0 Å². The first kappa shape index (κ1) is 26.2. The van der Waals surface area contributed by atoms with E-state index in [9.17, 15) is 15.0 Å². The van der Waals surface area contributed by atoms with Gasteiger partial charge in [0.1, 0.15) is 11.2 Å². The van der Waals surface area contributed by atoms with E-state index in [0.29, 0.717) is 0 Å². The third-order valence-electron chi connectivity index (χ3n) is 6.82. The number of rotatable bonds is 2. The molecule has 0 saturated heterocycles. The van der Waals surface area contributed by atoms with Crippen LogP contribution in [0.1, 0.15) is 94.6 Å². The minimum Gasteiger partial charge on any atom is -0.508 e. The molecule has 3 heteroatoms. The lowest BCUT2D eigenvalue weighted by atomic mass is 9.44. The fourth-order valence-corrected chi connectivity index (χ4v) is 5.85. The van der Waals surface area contributed by atoms with Crippen LogP contribution in [-0.2, 0) is 4.79 Å². The zero-order chi connectivity index (χ0) is 25.1. The molecular formula is C29H44O3. The normalized spacial score (nSPS) is 23.6. The van der Waals surface area contributed by atoms with E-state index < -0.39 is 39.0 Å². The summed E-state index contributed by atoms with van der Waals surface area (Å²) in [5.74, 6) is -1.06. The molecule has 0 aromatic heterocycles. The largest absolute Gasteiger partial charge is 0.508 e. The minimum absolute atomic E-state index is 0.268. The smallest absolute Gasteiger partial charge is 0.315 e. The van der Waals surface area contributed by atoms with E-state index in [2.05, 4.69) is 62.3 Å². The Kier molecular flexibility index (Phi) is 6.38. The molecule has 0 spiro atoms. The molecule has 1 aliphatic rings. The summed E-state index contributed by atoms with van der Waals surface area (Å²) in [5.41, 5.74) is 0.123. The Balaban J connectivity index is 3.36. The highest BCUT2D eigenvalue weighted by Crippen LogP contribution is 2.68. The lowest BCUT2D eigenvalue weighted by Gasteiger charge is -2.58. The van der Waals surface area contributed by atoms with Crippen LogP contribution in [-0.4, -0.2) is 16.2 Å². The van der Waals surface area contributed by atoms with Gasteiger partial charge in [-0.25, -0.2) is 0 Å². The van der Waals surface area contributed by atoms with Gasteiger partial charge in [-0.3, -0.25) is 4.79 Å². The summed E-state index contributed by atoms with van der Waals surface area (Å²) < 4.78 is 0. The molecule has 0 bridgehead atoms. The molecule has 0 saturated carbocycles. The number of carboxylic acid groups (broad SMARTS) is 1. The Morgan fingerprint density at radius 2 is 1.25 bits per heavy atom. The lowest BCUT2D eigenvalue weighted by Crippen LogP contribution is -2.56. The molecule has 0 aliphatic heterocycles. The van der Waals surface area contributed by atoms with Crippen LogP contribution < -0.4 is 0 Å². The van der Waals surface area contributed by atoms with Crippen LogP contribution in [0.3, 0.4) is 0 Å². The van der Waals surface area contributed by atoms with Gasteiger partial charge < -0.3 is 10.2 Å². The summed E-state index contributed by atoms with van der Waals surface area (Å²) in [4.78, 5) is 13.7. The maximum absolute atomic E-state index is 13.7. The molecule has 2 N–H and O–H groups in total. The van der Waals surface area contributed by atoms with Gasteiger partial charge in [-0.15, -0.1) is 0 Å². The molecule has 2 rings (SSSR count). The second kappa shape index (κ2) is 7.78. The van der Waals surface area contributed by atoms with Crippen LogP contribution in [0.2, 0.25) is 0 Å². The molecule has 1 aromatic rings. The first-order chi connectivity index (χ1) is 14.2. The number of allylic oxidation sites excluding steroid dienone is 2. The van der Waals surface area contributed by atoms with Crippen LogP contribution in [0.15, 0.2) is 52.8 Å². The predicted molar refractivity (Wildman–Crippen MR) is 134 cm³/mol. The topological polar surface area (TPSA) is 57.5 Å². The monoisotopic (exact) mass is 440 g/mol. The van der Waals surface area contributed by atoms with E-state index in [1.54, 1.807) is 0 Å². The molecule has 1 aromatic carbocycles. The molecular weight excluding hydrogens is 396 g/mol. The number of hydrogen-bond donors (Lipinski definition) is 2.